The highest BCUT2D eigenvalue weighted by molar-refractivity contribution is 6.31. The van der Waals surface area contributed by atoms with Crippen molar-refractivity contribution in [3.8, 4) is 0 Å². The molecule has 0 aromatic heterocycles. The molecule has 2 nitrogen and oxygen atoms in total. The summed E-state index contributed by atoms with van der Waals surface area (Å²) >= 11 is 6.10. The Labute approximate surface area is 119 Å². The van der Waals surface area contributed by atoms with E-state index in [1.807, 2.05) is 6.08 Å². The highest BCUT2D eigenvalue weighted by Crippen LogP contribution is 2.28. The summed E-state index contributed by atoms with van der Waals surface area (Å²) in [6.45, 7) is 8.12. The minimum absolute atomic E-state index is 0.175. The molecule has 1 rings (SSSR count). The average Bonchev–Trinajstić information content (AvgIpc) is 2.39. The van der Waals surface area contributed by atoms with E-state index in [1.54, 1.807) is 13.2 Å². The normalized spacial score (nSPS) is 14.1. The van der Waals surface area contributed by atoms with E-state index in [0.717, 1.165) is 18.7 Å². The van der Waals surface area contributed by atoms with E-state index < -0.39 is 0 Å². The molecule has 0 radical (unpaired) electrons. The van der Waals surface area contributed by atoms with E-state index in [2.05, 4.69) is 18.8 Å². The van der Waals surface area contributed by atoms with Crippen molar-refractivity contribution in [1.82, 2.24) is 5.32 Å². The van der Waals surface area contributed by atoms with Crippen LogP contribution in [-0.2, 0) is 11.2 Å². The number of ether oxygens (including phenoxy) is 1. The zero-order valence-corrected chi connectivity index (χ0v) is 12.3. The summed E-state index contributed by atoms with van der Waals surface area (Å²) < 4.78 is 18.2. The first-order valence-corrected chi connectivity index (χ1v) is 6.66. The van der Waals surface area contributed by atoms with E-state index in [4.69, 9.17) is 16.3 Å². The van der Waals surface area contributed by atoms with Gasteiger partial charge >= 0.3 is 0 Å². The van der Waals surface area contributed by atoms with Gasteiger partial charge in [0, 0.05) is 30.6 Å². The molecule has 4 heteroatoms. The van der Waals surface area contributed by atoms with Crippen molar-refractivity contribution in [2.75, 3.05) is 26.8 Å². The summed E-state index contributed by atoms with van der Waals surface area (Å²) in [5, 5.41) is 3.89. The number of nitrogens with one attached hydrogen (secondary N) is 1. The van der Waals surface area contributed by atoms with E-state index in [1.165, 1.54) is 12.1 Å². The first-order valence-electron chi connectivity index (χ1n) is 6.28. The van der Waals surface area contributed by atoms with Gasteiger partial charge in [-0.1, -0.05) is 24.6 Å². The van der Waals surface area contributed by atoms with Gasteiger partial charge in [-0.3, -0.25) is 0 Å². The summed E-state index contributed by atoms with van der Waals surface area (Å²) in [6.07, 6.45) is 2.53. The smallest absolute Gasteiger partial charge is 0.123 e. The molecule has 0 aliphatic rings. The predicted octanol–water partition coefficient (Wildman–Crippen LogP) is 3.45. The predicted molar refractivity (Wildman–Crippen MR) is 78.2 cm³/mol. The van der Waals surface area contributed by atoms with Gasteiger partial charge in [-0.25, -0.2) is 4.39 Å². The molecule has 0 saturated heterocycles. The molecule has 0 fully saturated rings. The quantitative estimate of drug-likeness (QED) is 0.583. The largest absolute Gasteiger partial charge is 0.383 e. The van der Waals surface area contributed by atoms with E-state index in [0.29, 0.717) is 18.1 Å². The first kappa shape index (κ1) is 16.2. The third kappa shape index (κ3) is 5.31. The average molecular weight is 286 g/mol. The second-order valence-electron chi connectivity index (χ2n) is 4.94. The Morgan fingerprint density at radius 2 is 2.26 bits per heavy atom. The summed E-state index contributed by atoms with van der Waals surface area (Å²) in [5.41, 5.74) is 0.628. The van der Waals surface area contributed by atoms with Gasteiger partial charge in [-0.15, -0.1) is 6.58 Å². The zero-order valence-electron chi connectivity index (χ0n) is 11.5. The van der Waals surface area contributed by atoms with Crippen LogP contribution in [0.3, 0.4) is 0 Å². The van der Waals surface area contributed by atoms with Crippen LogP contribution in [-0.4, -0.2) is 26.8 Å². The fourth-order valence-electron chi connectivity index (χ4n) is 1.87. The molecule has 106 valence electrons. The van der Waals surface area contributed by atoms with Crippen LogP contribution in [0.15, 0.2) is 30.9 Å². The minimum Gasteiger partial charge on any atom is -0.383 e. The monoisotopic (exact) mass is 285 g/mol. The van der Waals surface area contributed by atoms with Crippen LogP contribution < -0.4 is 5.32 Å². The molecule has 0 saturated carbocycles. The van der Waals surface area contributed by atoms with Gasteiger partial charge in [0.25, 0.3) is 0 Å². The van der Waals surface area contributed by atoms with Crippen LogP contribution in [0.1, 0.15) is 12.5 Å². The molecule has 1 aromatic carbocycles. The topological polar surface area (TPSA) is 21.3 Å². The summed E-state index contributed by atoms with van der Waals surface area (Å²) in [6, 6.07) is 4.45. The van der Waals surface area contributed by atoms with Gasteiger partial charge in [0.2, 0.25) is 0 Å². The van der Waals surface area contributed by atoms with Crippen molar-refractivity contribution in [2.24, 2.45) is 5.41 Å². The van der Waals surface area contributed by atoms with Crippen molar-refractivity contribution in [3.63, 3.8) is 0 Å². The van der Waals surface area contributed by atoms with E-state index in [-0.39, 0.29) is 11.2 Å². The van der Waals surface area contributed by atoms with Gasteiger partial charge in [0.05, 0.1) is 6.61 Å². The maximum atomic E-state index is 13.3. The van der Waals surface area contributed by atoms with Crippen LogP contribution in [0, 0.1) is 11.2 Å². The molecule has 0 aliphatic heterocycles. The Morgan fingerprint density at radius 1 is 1.53 bits per heavy atom. The van der Waals surface area contributed by atoms with Gasteiger partial charge in [0.1, 0.15) is 5.82 Å². The fourth-order valence-corrected chi connectivity index (χ4v) is 2.05. The standard InChI is InChI=1S/C15H21ClFNO/c1-4-15(2,11-18-7-8-19-3)10-12-9-13(17)5-6-14(12)16/h4-6,9,18H,1,7-8,10-11H2,2-3H3. The zero-order chi connectivity index (χ0) is 14.3. The molecule has 0 aliphatic carbocycles. The third-order valence-electron chi connectivity index (χ3n) is 3.11. The third-order valence-corrected chi connectivity index (χ3v) is 3.48. The summed E-state index contributed by atoms with van der Waals surface area (Å²) in [4.78, 5) is 0. The lowest BCUT2D eigenvalue weighted by atomic mass is 9.83. The molecule has 1 atom stereocenters. The molecular weight excluding hydrogens is 265 g/mol. The summed E-state index contributed by atoms with van der Waals surface area (Å²) in [5.74, 6) is -0.266. The fraction of sp³-hybridized carbons (Fsp3) is 0.467. The van der Waals surface area contributed by atoms with Crippen LogP contribution in [0.5, 0.6) is 0 Å². The Morgan fingerprint density at radius 3 is 2.89 bits per heavy atom. The number of halogens is 2. The Hall–Kier alpha value is -0.900. The van der Waals surface area contributed by atoms with Crippen molar-refractivity contribution < 1.29 is 9.13 Å². The molecule has 1 N–H and O–H groups in total. The lowest BCUT2D eigenvalue weighted by Gasteiger charge is -2.27. The van der Waals surface area contributed by atoms with Crippen LogP contribution in [0.4, 0.5) is 4.39 Å². The van der Waals surface area contributed by atoms with Crippen LogP contribution in [0.25, 0.3) is 0 Å². The molecule has 0 amide bonds. The van der Waals surface area contributed by atoms with Crippen molar-refractivity contribution in [3.05, 3.63) is 47.3 Å². The highest BCUT2D eigenvalue weighted by Gasteiger charge is 2.22. The molecule has 0 bridgehead atoms. The second-order valence-corrected chi connectivity index (χ2v) is 5.35. The van der Waals surface area contributed by atoms with Gasteiger partial charge < -0.3 is 10.1 Å². The Bertz CT molecular complexity index is 425. The van der Waals surface area contributed by atoms with Crippen molar-refractivity contribution >= 4 is 11.6 Å². The number of rotatable bonds is 8. The number of hydrogen-bond acceptors (Lipinski definition) is 2. The first-order chi connectivity index (χ1) is 9.00. The molecule has 0 heterocycles. The van der Waals surface area contributed by atoms with Crippen molar-refractivity contribution in [2.45, 2.75) is 13.3 Å². The molecule has 19 heavy (non-hydrogen) atoms. The van der Waals surface area contributed by atoms with Gasteiger partial charge in [0.15, 0.2) is 0 Å². The van der Waals surface area contributed by atoms with Crippen LogP contribution in [0.2, 0.25) is 5.02 Å². The Kier molecular flexibility index (Phi) is 6.49. The molecule has 1 aromatic rings. The number of hydrogen-bond donors (Lipinski definition) is 1. The van der Waals surface area contributed by atoms with Gasteiger partial charge in [-0.05, 0) is 30.2 Å². The molecule has 1 unspecified atom stereocenters. The second kappa shape index (κ2) is 7.63. The SMILES string of the molecule is C=CC(C)(CNCCOC)Cc1cc(F)ccc1Cl. The minimum atomic E-state index is -0.266. The maximum Gasteiger partial charge on any atom is 0.123 e. The lowest BCUT2D eigenvalue weighted by Crippen LogP contribution is -2.33. The lowest BCUT2D eigenvalue weighted by molar-refractivity contribution is 0.195. The van der Waals surface area contributed by atoms with Crippen molar-refractivity contribution in [1.29, 1.82) is 0 Å². The maximum absolute atomic E-state index is 13.3. The van der Waals surface area contributed by atoms with Crippen LogP contribution >= 0.6 is 11.6 Å². The highest BCUT2D eigenvalue weighted by atomic mass is 35.5. The molecular formula is C15H21ClFNO. The Balaban J connectivity index is 2.68. The summed E-state index contributed by atoms with van der Waals surface area (Å²) in [7, 11) is 1.67. The van der Waals surface area contributed by atoms with Gasteiger partial charge in [-0.2, -0.15) is 0 Å². The number of benzene rings is 1. The number of methoxy groups -OCH3 is 1. The molecule has 0 spiro atoms. The van der Waals surface area contributed by atoms with E-state index in [9.17, 15) is 4.39 Å². The van der Waals surface area contributed by atoms with E-state index >= 15 is 0 Å².